The first-order chi connectivity index (χ1) is 10.3. The Morgan fingerprint density at radius 2 is 2.05 bits per heavy atom. The summed E-state index contributed by atoms with van der Waals surface area (Å²) in [6.07, 6.45) is 1.35. The average molecular weight is 308 g/mol. The number of aromatic hydroxyl groups is 1. The van der Waals surface area contributed by atoms with Crippen molar-refractivity contribution in [3.05, 3.63) is 29.8 Å². The lowest BCUT2D eigenvalue weighted by atomic mass is 10.2. The van der Waals surface area contributed by atoms with Crippen LogP contribution in [0.4, 0.5) is 4.79 Å². The van der Waals surface area contributed by atoms with Crippen molar-refractivity contribution in [1.82, 2.24) is 5.32 Å². The molecular weight excluding hydrogens is 292 g/mol. The van der Waals surface area contributed by atoms with Crippen LogP contribution >= 0.6 is 0 Å². The molecule has 4 N–H and O–H groups in total. The molecule has 0 spiro atoms. The number of nitrogens with one attached hydrogen (secondary N) is 1. The summed E-state index contributed by atoms with van der Waals surface area (Å²) in [5.74, 6) is -1.37. The van der Waals surface area contributed by atoms with Crippen LogP contribution in [0.15, 0.2) is 24.3 Å². The molecule has 0 bridgehead atoms. The Morgan fingerprint density at radius 3 is 2.64 bits per heavy atom. The van der Waals surface area contributed by atoms with E-state index in [0.29, 0.717) is 5.56 Å². The molecule has 0 fully saturated rings. The quantitative estimate of drug-likeness (QED) is 0.538. The van der Waals surface area contributed by atoms with Crippen LogP contribution in [0.5, 0.6) is 11.5 Å². The molecule has 0 heterocycles. The van der Waals surface area contributed by atoms with Crippen molar-refractivity contribution in [2.45, 2.75) is 13.0 Å². The van der Waals surface area contributed by atoms with Gasteiger partial charge in [0.1, 0.15) is 0 Å². The lowest BCUT2D eigenvalue weighted by Crippen LogP contribution is -2.42. The third-order valence-corrected chi connectivity index (χ3v) is 2.52. The van der Waals surface area contributed by atoms with Crippen molar-refractivity contribution < 1.29 is 29.0 Å². The Balaban J connectivity index is 2.64. The van der Waals surface area contributed by atoms with Crippen molar-refractivity contribution in [2.24, 2.45) is 5.73 Å². The molecule has 0 radical (unpaired) electrons. The molecule has 0 saturated carbocycles. The molecule has 0 aliphatic carbocycles. The maximum atomic E-state index is 11.6. The second-order valence-corrected chi connectivity index (χ2v) is 4.20. The summed E-state index contributed by atoms with van der Waals surface area (Å²) in [7, 11) is 1.40. The fourth-order valence-electron chi connectivity index (χ4n) is 1.45. The highest BCUT2D eigenvalue weighted by atomic mass is 16.5. The van der Waals surface area contributed by atoms with E-state index in [1.807, 2.05) is 0 Å². The van der Waals surface area contributed by atoms with Crippen LogP contribution in [-0.4, -0.2) is 36.2 Å². The van der Waals surface area contributed by atoms with E-state index in [2.05, 4.69) is 0 Å². The number of nitrogens with two attached hydrogens (primary N) is 1. The molecule has 8 nitrogen and oxygen atoms in total. The van der Waals surface area contributed by atoms with E-state index >= 15 is 0 Å². The van der Waals surface area contributed by atoms with E-state index in [-0.39, 0.29) is 11.5 Å². The van der Waals surface area contributed by atoms with Crippen molar-refractivity contribution in [3.8, 4) is 11.5 Å². The Hall–Kier alpha value is -3.03. The second-order valence-electron chi connectivity index (χ2n) is 4.20. The third kappa shape index (κ3) is 5.16. The van der Waals surface area contributed by atoms with Crippen LogP contribution < -0.4 is 15.8 Å². The van der Waals surface area contributed by atoms with Crippen LogP contribution in [-0.2, 0) is 14.3 Å². The largest absolute Gasteiger partial charge is 0.504 e. The number of carbonyl (C=O) groups excluding carboxylic acids is 3. The molecular formula is C14H16N2O6. The van der Waals surface area contributed by atoms with Crippen molar-refractivity contribution in [1.29, 1.82) is 0 Å². The standard InChI is InChI=1S/C14H16N2O6/c1-8(13(19)16-14(15)20)22-12(18)6-4-9-3-5-10(17)11(7-9)21-2/h3-8,17H,1-2H3,(H3,15,16,19,20). The average Bonchev–Trinajstić information content (AvgIpc) is 2.45. The number of hydrogen-bond acceptors (Lipinski definition) is 6. The Morgan fingerprint density at radius 1 is 1.36 bits per heavy atom. The summed E-state index contributed by atoms with van der Waals surface area (Å²) in [6, 6.07) is 3.46. The number of phenols is 1. The van der Waals surface area contributed by atoms with E-state index in [9.17, 15) is 19.5 Å². The zero-order valence-corrected chi connectivity index (χ0v) is 12.0. The van der Waals surface area contributed by atoms with Crippen molar-refractivity contribution >= 4 is 24.0 Å². The summed E-state index contributed by atoms with van der Waals surface area (Å²) >= 11 is 0. The summed E-state index contributed by atoms with van der Waals surface area (Å²) in [5.41, 5.74) is 5.36. The summed E-state index contributed by atoms with van der Waals surface area (Å²) < 4.78 is 9.72. The summed E-state index contributed by atoms with van der Waals surface area (Å²) in [6.45, 7) is 1.30. The highest BCUT2D eigenvalue weighted by molar-refractivity contribution is 5.97. The number of amides is 3. The summed E-state index contributed by atoms with van der Waals surface area (Å²) in [5, 5.41) is 11.2. The molecule has 1 atom stereocenters. The lowest BCUT2D eigenvalue weighted by Gasteiger charge is -2.10. The molecule has 3 amide bonds. The molecule has 118 valence electrons. The Kier molecular flexibility index (Phi) is 5.94. The monoisotopic (exact) mass is 308 g/mol. The first-order valence-corrected chi connectivity index (χ1v) is 6.19. The highest BCUT2D eigenvalue weighted by Crippen LogP contribution is 2.26. The third-order valence-electron chi connectivity index (χ3n) is 2.52. The molecule has 1 aromatic rings. The van der Waals surface area contributed by atoms with Crippen LogP contribution in [0.2, 0.25) is 0 Å². The fourth-order valence-corrected chi connectivity index (χ4v) is 1.45. The Bertz CT molecular complexity index is 611. The van der Waals surface area contributed by atoms with E-state index in [1.54, 1.807) is 11.4 Å². The van der Waals surface area contributed by atoms with Gasteiger partial charge in [0.25, 0.3) is 5.91 Å². The highest BCUT2D eigenvalue weighted by Gasteiger charge is 2.17. The van der Waals surface area contributed by atoms with Gasteiger partial charge in [0.2, 0.25) is 0 Å². The number of carbonyl (C=O) groups is 3. The number of methoxy groups -OCH3 is 1. The maximum absolute atomic E-state index is 11.6. The molecule has 8 heteroatoms. The minimum Gasteiger partial charge on any atom is -0.504 e. The summed E-state index contributed by atoms with van der Waals surface area (Å²) in [4.78, 5) is 33.4. The van der Waals surface area contributed by atoms with Gasteiger partial charge >= 0.3 is 12.0 Å². The van der Waals surface area contributed by atoms with Crippen molar-refractivity contribution in [3.63, 3.8) is 0 Å². The minimum atomic E-state index is -1.17. The SMILES string of the molecule is COc1cc(C=CC(=O)OC(C)C(=O)NC(N)=O)ccc1O. The molecule has 0 aliphatic heterocycles. The zero-order chi connectivity index (χ0) is 16.7. The van der Waals surface area contributed by atoms with Gasteiger partial charge in [-0.15, -0.1) is 0 Å². The molecule has 1 unspecified atom stereocenters. The fraction of sp³-hybridized carbons (Fsp3) is 0.214. The number of hydrogen-bond donors (Lipinski definition) is 3. The van der Waals surface area contributed by atoms with Gasteiger partial charge in [-0.2, -0.15) is 0 Å². The number of primary amides is 1. The molecule has 22 heavy (non-hydrogen) atoms. The van der Waals surface area contributed by atoms with E-state index < -0.39 is 24.0 Å². The van der Waals surface area contributed by atoms with Crippen LogP contribution in [0.25, 0.3) is 6.08 Å². The van der Waals surface area contributed by atoms with Crippen LogP contribution in [0.3, 0.4) is 0 Å². The molecule has 0 aromatic heterocycles. The van der Waals surface area contributed by atoms with E-state index in [4.69, 9.17) is 15.2 Å². The number of esters is 1. The van der Waals surface area contributed by atoms with Gasteiger partial charge in [-0.1, -0.05) is 6.07 Å². The molecule has 0 aliphatic rings. The Labute approximate surface area is 126 Å². The van der Waals surface area contributed by atoms with Gasteiger partial charge < -0.3 is 20.3 Å². The van der Waals surface area contributed by atoms with Gasteiger partial charge in [-0.05, 0) is 30.7 Å². The number of urea groups is 1. The normalized spacial score (nSPS) is 11.7. The molecule has 0 saturated heterocycles. The van der Waals surface area contributed by atoms with E-state index in [1.165, 1.54) is 32.2 Å². The smallest absolute Gasteiger partial charge is 0.331 e. The van der Waals surface area contributed by atoms with Crippen LogP contribution in [0.1, 0.15) is 12.5 Å². The predicted molar refractivity (Wildman–Crippen MR) is 77.0 cm³/mol. The topological polar surface area (TPSA) is 128 Å². The van der Waals surface area contributed by atoms with Gasteiger partial charge in [-0.3, -0.25) is 10.1 Å². The first kappa shape index (κ1) is 17.0. The van der Waals surface area contributed by atoms with Crippen molar-refractivity contribution in [2.75, 3.05) is 7.11 Å². The van der Waals surface area contributed by atoms with Gasteiger partial charge in [0.15, 0.2) is 17.6 Å². The molecule has 1 aromatic carbocycles. The number of ether oxygens (including phenoxy) is 2. The minimum absolute atomic E-state index is 0.0287. The number of imide groups is 1. The zero-order valence-electron chi connectivity index (χ0n) is 12.0. The van der Waals surface area contributed by atoms with Gasteiger partial charge in [0, 0.05) is 6.08 Å². The number of benzene rings is 1. The number of rotatable bonds is 5. The second kappa shape index (κ2) is 7.67. The van der Waals surface area contributed by atoms with Gasteiger partial charge in [0.05, 0.1) is 7.11 Å². The van der Waals surface area contributed by atoms with Gasteiger partial charge in [-0.25, -0.2) is 9.59 Å². The number of phenolic OH excluding ortho intramolecular Hbond substituents is 1. The predicted octanol–water partition coefficient (Wildman–Crippen LogP) is 0.541. The van der Waals surface area contributed by atoms with E-state index in [0.717, 1.165) is 6.08 Å². The molecule has 1 rings (SSSR count). The lowest BCUT2D eigenvalue weighted by molar-refractivity contribution is -0.149. The first-order valence-electron chi connectivity index (χ1n) is 6.19. The van der Waals surface area contributed by atoms with Crippen LogP contribution in [0, 0.1) is 0 Å². The maximum Gasteiger partial charge on any atom is 0.331 e.